The van der Waals surface area contributed by atoms with Crippen LogP contribution < -0.4 is 20.5 Å². The Morgan fingerprint density at radius 1 is 0.821 bits per heavy atom. The Morgan fingerprint density at radius 2 is 1.33 bits per heavy atom. The van der Waals surface area contributed by atoms with Gasteiger partial charge in [-0.25, -0.2) is 0 Å². The number of methoxy groups -OCH3 is 2. The molecular weight excluding hydrogens is 524 g/mol. The average Bonchev–Trinajstić information content (AvgIpc) is 3.59. The summed E-state index contributed by atoms with van der Waals surface area (Å²) < 4.78 is 19.9. The van der Waals surface area contributed by atoms with Crippen LogP contribution in [0.3, 0.4) is 0 Å². The van der Waals surface area contributed by atoms with E-state index in [0.29, 0.717) is 40.2 Å². The highest BCUT2D eigenvalue weighted by atomic mass is 35.5. The van der Waals surface area contributed by atoms with Gasteiger partial charge in [-0.3, -0.25) is 9.59 Å². The highest BCUT2D eigenvalue weighted by molar-refractivity contribution is 6.67. The predicted octanol–water partition coefficient (Wildman–Crippen LogP) is 6.51. The van der Waals surface area contributed by atoms with Crippen LogP contribution in [0, 0.1) is 0 Å². The van der Waals surface area contributed by atoms with Crippen LogP contribution in [-0.4, -0.2) is 35.7 Å². The van der Waals surface area contributed by atoms with Gasteiger partial charge in [0.1, 0.15) is 23.0 Å². The fourth-order valence-corrected chi connectivity index (χ4v) is 3.01. The first-order chi connectivity index (χ1) is 18.5. The summed E-state index contributed by atoms with van der Waals surface area (Å²) in [5.41, 5.74) is 6.27. The van der Waals surface area contributed by atoms with Crippen LogP contribution in [0.25, 0.3) is 0 Å². The van der Waals surface area contributed by atoms with Crippen molar-refractivity contribution < 1.29 is 28.1 Å². The normalized spacial score (nSPS) is 10.2. The van der Waals surface area contributed by atoms with E-state index in [1.807, 2.05) is 27.7 Å². The zero-order chi connectivity index (χ0) is 28.9. The Morgan fingerprint density at radius 3 is 1.77 bits per heavy atom. The molecular formula is C28H33ClN4O6. The number of hydrogen-bond acceptors (Lipinski definition) is 9. The lowest BCUT2D eigenvalue weighted by molar-refractivity contribution is 0.102. The number of nitrogens with zero attached hydrogens (tertiary/aromatic N) is 2. The average molecular weight is 557 g/mol. The molecule has 0 saturated heterocycles. The van der Waals surface area contributed by atoms with E-state index >= 15 is 0 Å². The van der Waals surface area contributed by atoms with E-state index < -0.39 is 5.24 Å². The summed E-state index contributed by atoms with van der Waals surface area (Å²) in [7, 11) is 3.10. The van der Waals surface area contributed by atoms with Crippen LogP contribution in [0.1, 0.15) is 71.8 Å². The highest BCUT2D eigenvalue weighted by Crippen LogP contribution is 2.19. The van der Waals surface area contributed by atoms with Crippen LogP contribution >= 0.6 is 11.6 Å². The number of amides is 1. The third-order valence-corrected chi connectivity index (χ3v) is 5.30. The molecule has 3 N–H and O–H groups in total. The van der Waals surface area contributed by atoms with Gasteiger partial charge in [0.25, 0.3) is 11.1 Å². The molecule has 1 amide bonds. The molecule has 39 heavy (non-hydrogen) atoms. The van der Waals surface area contributed by atoms with Crippen molar-refractivity contribution in [2.24, 2.45) is 0 Å². The van der Waals surface area contributed by atoms with E-state index in [-0.39, 0.29) is 11.8 Å². The van der Waals surface area contributed by atoms with Gasteiger partial charge in [0.2, 0.25) is 0 Å². The molecule has 0 aliphatic heterocycles. The molecule has 2 heterocycles. The summed E-state index contributed by atoms with van der Waals surface area (Å²) in [4.78, 5) is 22.6. The van der Waals surface area contributed by atoms with E-state index in [1.165, 1.54) is 7.11 Å². The van der Waals surface area contributed by atoms with Crippen LogP contribution in [-0.2, 0) is 0 Å². The summed E-state index contributed by atoms with van der Waals surface area (Å²) in [6.07, 6.45) is 0. The summed E-state index contributed by atoms with van der Waals surface area (Å²) in [6, 6.07) is 17.1. The fourth-order valence-electron chi connectivity index (χ4n) is 2.89. The zero-order valence-electron chi connectivity index (χ0n) is 22.7. The molecule has 4 aromatic rings. The number of carbonyl (C=O) groups is 2. The topological polar surface area (TPSA) is 143 Å². The molecule has 0 saturated carbocycles. The molecule has 0 bridgehead atoms. The molecule has 0 aliphatic rings. The molecule has 208 valence electrons. The van der Waals surface area contributed by atoms with Gasteiger partial charge in [-0.05, 0) is 48.0 Å². The van der Waals surface area contributed by atoms with Crippen molar-refractivity contribution in [1.29, 1.82) is 0 Å². The number of aromatic nitrogens is 2. The predicted molar refractivity (Wildman–Crippen MR) is 150 cm³/mol. The van der Waals surface area contributed by atoms with E-state index in [9.17, 15) is 9.59 Å². The monoisotopic (exact) mass is 556 g/mol. The Balaban J connectivity index is 0.000000226. The number of carbonyl (C=O) groups excluding carboxylic acids is 2. The van der Waals surface area contributed by atoms with Crippen molar-refractivity contribution in [1.82, 2.24) is 10.3 Å². The maximum Gasteiger partial charge on any atom is 0.257 e. The number of anilines is 2. The van der Waals surface area contributed by atoms with Crippen molar-refractivity contribution in [2.75, 3.05) is 25.3 Å². The maximum absolute atomic E-state index is 12.0. The van der Waals surface area contributed by atoms with E-state index in [4.69, 9.17) is 35.9 Å². The molecule has 10 nitrogen and oxygen atoms in total. The Bertz CT molecular complexity index is 1350. The molecule has 0 radical (unpaired) electrons. The van der Waals surface area contributed by atoms with Crippen molar-refractivity contribution in [2.45, 2.75) is 39.5 Å². The lowest BCUT2D eigenvalue weighted by atomic mass is 10.1. The Hall–Kier alpha value is -4.31. The Labute approximate surface area is 232 Å². The lowest BCUT2D eigenvalue weighted by Crippen LogP contribution is -2.12. The first-order valence-electron chi connectivity index (χ1n) is 12.0. The van der Waals surface area contributed by atoms with Gasteiger partial charge in [-0.1, -0.05) is 50.1 Å². The highest BCUT2D eigenvalue weighted by Gasteiger charge is 2.12. The number of ether oxygens (including phenoxy) is 2. The first kappa shape index (κ1) is 30.9. The van der Waals surface area contributed by atoms with Gasteiger partial charge in [0.05, 0.1) is 14.2 Å². The number of nitrogen functional groups attached to an aromatic ring is 1. The minimum atomic E-state index is -0.469. The zero-order valence-corrected chi connectivity index (χ0v) is 23.5. The van der Waals surface area contributed by atoms with Crippen molar-refractivity contribution in [3.63, 3.8) is 0 Å². The molecule has 2 aromatic heterocycles. The van der Waals surface area contributed by atoms with E-state index in [2.05, 4.69) is 15.6 Å². The standard InChI is InChI=1S/C14H16N2O3.C8H7ClO2.C6H10N2O/c1-9(2)12-8-13(16-19-12)15-14(17)10-5-4-6-11(7-10)18-3;1-11-7-4-2-3-6(5-7)8(9)10;1-4(2)5-3-6(7)8-9-5/h4-9H,1-3H3,(H,15,16,17);2-5H,1H3;3-4H,1-2H3,(H2,7,8). The first-order valence-corrected chi connectivity index (χ1v) is 12.4. The third-order valence-electron chi connectivity index (χ3n) is 5.08. The van der Waals surface area contributed by atoms with Crippen molar-refractivity contribution in [3.05, 3.63) is 83.3 Å². The lowest BCUT2D eigenvalue weighted by Gasteiger charge is -2.03. The minimum Gasteiger partial charge on any atom is -0.497 e. The Kier molecular flexibility index (Phi) is 12.0. The van der Waals surface area contributed by atoms with Gasteiger partial charge in [0.15, 0.2) is 11.6 Å². The second kappa shape index (κ2) is 15.2. The van der Waals surface area contributed by atoms with Gasteiger partial charge in [0, 0.05) is 35.1 Å². The van der Waals surface area contributed by atoms with Crippen LogP contribution in [0.5, 0.6) is 11.5 Å². The van der Waals surface area contributed by atoms with E-state index in [0.717, 1.165) is 11.5 Å². The molecule has 0 unspecified atom stereocenters. The van der Waals surface area contributed by atoms with Gasteiger partial charge in [-0.2, -0.15) is 0 Å². The molecule has 4 rings (SSSR count). The summed E-state index contributed by atoms with van der Waals surface area (Å²) in [6.45, 7) is 8.04. The summed E-state index contributed by atoms with van der Waals surface area (Å²) in [5, 5.41) is 9.56. The summed E-state index contributed by atoms with van der Waals surface area (Å²) >= 11 is 5.24. The molecule has 0 atom stereocenters. The second-order valence-electron chi connectivity index (χ2n) is 8.77. The largest absolute Gasteiger partial charge is 0.497 e. The van der Waals surface area contributed by atoms with Gasteiger partial charge < -0.3 is 29.6 Å². The minimum absolute atomic E-state index is 0.231. The van der Waals surface area contributed by atoms with Gasteiger partial charge >= 0.3 is 0 Å². The van der Waals surface area contributed by atoms with Gasteiger partial charge in [-0.15, -0.1) is 0 Å². The molecule has 2 aromatic carbocycles. The fraction of sp³-hybridized carbons (Fsp3) is 0.286. The molecule has 0 aliphatic carbocycles. The molecule has 11 heteroatoms. The summed E-state index contributed by atoms with van der Waals surface area (Å²) in [5.74, 6) is 4.07. The quantitative estimate of drug-likeness (QED) is 0.243. The number of nitrogens with one attached hydrogen (secondary N) is 1. The molecule has 0 spiro atoms. The SMILES string of the molecule is CC(C)c1cc(N)no1.COc1cccc(C(=O)Cl)c1.COc1cccc(C(=O)Nc2cc(C(C)C)on2)c1. The van der Waals surface area contributed by atoms with Crippen LogP contribution in [0.2, 0.25) is 0 Å². The smallest absolute Gasteiger partial charge is 0.257 e. The second-order valence-corrected chi connectivity index (χ2v) is 9.11. The number of halogens is 1. The number of benzene rings is 2. The number of hydrogen-bond donors (Lipinski definition) is 2. The van der Waals surface area contributed by atoms with Crippen LogP contribution in [0.15, 0.2) is 69.7 Å². The number of nitrogens with two attached hydrogens (primary N) is 1. The molecule has 0 fully saturated rings. The van der Waals surface area contributed by atoms with E-state index in [1.54, 1.807) is 67.8 Å². The number of rotatable bonds is 7. The van der Waals surface area contributed by atoms with Crippen LogP contribution in [0.4, 0.5) is 11.6 Å². The van der Waals surface area contributed by atoms with Crippen molar-refractivity contribution >= 4 is 34.4 Å². The van der Waals surface area contributed by atoms with Crippen molar-refractivity contribution in [3.8, 4) is 11.5 Å². The maximum atomic E-state index is 12.0. The third kappa shape index (κ3) is 10.2.